The maximum Gasteiger partial charge on any atom is 0.408 e. The molecule has 1 fully saturated rings. The Labute approximate surface area is 191 Å². The van der Waals surface area contributed by atoms with Crippen LogP contribution in [0.5, 0.6) is 0 Å². The summed E-state index contributed by atoms with van der Waals surface area (Å²) in [7, 11) is 0. The molecule has 0 aromatic carbocycles. The Morgan fingerprint density at radius 1 is 0.812 bits per heavy atom. The molecule has 0 aromatic heterocycles. The molecule has 0 aromatic rings. The molecule has 4 amide bonds. The van der Waals surface area contributed by atoms with Crippen molar-refractivity contribution in [2.24, 2.45) is 5.92 Å². The van der Waals surface area contributed by atoms with Crippen molar-refractivity contribution < 1.29 is 28.7 Å². The van der Waals surface area contributed by atoms with Gasteiger partial charge in [-0.05, 0) is 48.0 Å². The zero-order chi connectivity index (χ0) is 24.7. The summed E-state index contributed by atoms with van der Waals surface area (Å²) in [5.74, 6) is -0.339. The van der Waals surface area contributed by atoms with Gasteiger partial charge >= 0.3 is 12.2 Å². The van der Waals surface area contributed by atoms with Crippen LogP contribution in [-0.4, -0.2) is 83.8 Å². The van der Waals surface area contributed by atoms with Gasteiger partial charge in [0.15, 0.2) is 0 Å². The minimum absolute atomic E-state index is 0.0585. The number of hydrogen-bond donors (Lipinski definition) is 2. The second kappa shape index (κ2) is 11.4. The van der Waals surface area contributed by atoms with Gasteiger partial charge in [0.05, 0.1) is 6.54 Å². The van der Waals surface area contributed by atoms with Crippen LogP contribution in [0, 0.1) is 5.92 Å². The second-order valence-corrected chi connectivity index (χ2v) is 10.0. The largest absolute Gasteiger partial charge is 0.444 e. The number of piperazine rings is 1. The van der Waals surface area contributed by atoms with E-state index in [1.54, 1.807) is 51.3 Å². The number of nitrogens with zero attached hydrogens (tertiary/aromatic N) is 2. The zero-order valence-corrected chi connectivity index (χ0v) is 20.7. The molecule has 184 valence electrons. The van der Waals surface area contributed by atoms with E-state index < -0.39 is 29.4 Å². The molecule has 1 aliphatic rings. The van der Waals surface area contributed by atoms with Crippen molar-refractivity contribution in [2.75, 3.05) is 32.7 Å². The van der Waals surface area contributed by atoms with E-state index in [4.69, 9.17) is 9.47 Å². The number of rotatable bonds is 6. The zero-order valence-electron chi connectivity index (χ0n) is 20.7. The lowest BCUT2D eigenvalue weighted by molar-refractivity contribution is -0.142. The molecule has 1 saturated heterocycles. The molecule has 0 aliphatic carbocycles. The summed E-state index contributed by atoms with van der Waals surface area (Å²) in [4.78, 5) is 53.2. The van der Waals surface area contributed by atoms with E-state index in [1.807, 2.05) is 13.8 Å². The lowest BCUT2D eigenvalue weighted by Crippen LogP contribution is -2.59. The van der Waals surface area contributed by atoms with Crippen molar-refractivity contribution in [3.8, 4) is 0 Å². The van der Waals surface area contributed by atoms with Crippen LogP contribution < -0.4 is 10.6 Å². The molecule has 10 nitrogen and oxygen atoms in total. The van der Waals surface area contributed by atoms with Gasteiger partial charge < -0.3 is 29.9 Å². The predicted octanol–water partition coefficient (Wildman–Crippen LogP) is 2.12. The van der Waals surface area contributed by atoms with Crippen LogP contribution >= 0.6 is 0 Å². The van der Waals surface area contributed by atoms with Crippen LogP contribution in [-0.2, 0) is 19.1 Å². The molecular weight excluding hydrogens is 416 g/mol. The van der Waals surface area contributed by atoms with Crippen molar-refractivity contribution in [3.05, 3.63) is 0 Å². The normalized spacial score (nSPS) is 16.6. The maximum atomic E-state index is 13.1. The van der Waals surface area contributed by atoms with Crippen LogP contribution in [0.4, 0.5) is 9.59 Å². The van der Waals surface area contributed by atoms with E-state index in [0.717, 1.165) is 6.42 Å². The average Bonchev–Trinajstić information content (AvgIpc) is 2.66. The summed E-state index contributed by atoms with van der Waals surface area (Å²) in [5.41, 5.74) is -1.43. The van der Waals surface area contributed by atoms with Gasteiger partial charge in [-0.2, -0.15) is 0 Å². The molecule has 0 spiro atoms. The fraction of sp³-hybridized carbons (Fsp3) is 0.818. The van der Waals surface area contributed by atoms with Gasteiger partial charge in [-0.15, -0.1) is 0 Å². The maximum absolute atomic E-state index is 13.1. The minimum atomic E-state index is -1.03. The number of hydrogen-bond acceptors (Lipinski definition) is 6. The Kier molecular flexibility index (Phi) is 9.78. The van der Waals surface area contributed by atoms with E-state index in [-0.39, 0.29) is 24.3 Å². The summed E-state index contributed by atoms with van der Waals surface area (Å²) >= 11 is 0. The Hall–Kier alpha value is -2.52. The molecule has 0 radical (unpaired) electrons. The first-order valence-corrected chi connectivity index (χ1v) is 11.2. The van der Waals surface area contributed by atoms with Gasteiger partial charge in [-0.3, -0.25) is 9.59 Å². The lowest BCUT2D eigenvalue weighted by Gasteiger charge is -2.37. The summed E-state index contributed by atoms with van der Waals surface area (Å²) in [6.45, 7) is 15.6. The fourth-order valence-electron chi connectivity index (χ4n) is 3.00. The first-order valence-electron chi connectivity index (χ1n) is 11.2. The molecule has 2 atom stereocenters. The van der Waals surface area contributed by atoms with Gasteiger partial charge in [0, 0.05) is 32.1 Å². The minimum Gasteiger partial charge on any atom is -0.444 e. The number of alkyl carbamates (subject to hydrolysis) is 2. The number of nitrogens with one attached hydrogen (secondary N) is 2. The number of carbonyl (C=O) groups is 4. The average molecular weight is 457 g/mol. The number of amides is 4. The molecule has 0 saturated carbocycles. The highest BCUT2D eigenvalue weighted by molar-refractivity contribution is 5.87. The van der Waals surface area contributed by atoms with Gasteiger partial charge in [0.2, 0.25) is 11.8 Å². The van der Waals surface area contributed by atoms with Crippen molar-refractivity contribution in [3.63, 3.8) is 0 Å². The van der Waals surface area contributed by atoms with Crippen molar-refractivity contribution >= 4 is 24.0 Å². The summed E-state index contributed by atoms with van der Waals surface area (Å²) in [6, 6.07) is -1.03. The van der Waals surface area contributed by atoms with E-state index in [2.05, 4.69) is 10.6 Å². The standard InChI is InChI=1S/C22H40N4O6/c1-9-15(2)17(27)25-10-12-26(13-11-25)18(28)16(24-20(30)32-22(6,7)8)14-23-19(29)31-21(3,4)5/h15-16H,9-14H2,1-8H3,(H,23,29)(H,24,30). The monoisotopic (exact) mass is 456 g/mol. The van der Waals surface area contributed by atoms with E-state index >= 15 is 0 Å². The van der Waals surface area contributed by atoms with Crippen LogP contribution in [0.3, 0.4) is 0 Å². The summed E-state index contributed by atoms with van der Waals surface area (Å²) < 4.78 is 10.5. The van der Waals surface area contributed by atoms with Crippen LogP contribution in [0.2, 0.25) is 0 Å². The molecular formula is C22H40N4O6. The van der Waals surface area contributed by atoms with Crippen LogP contribution in [0.1, 0.15) is 61.8 Å². The Balaban J connectivity index is 2.80. The molecule has 2 N–H and O–H groups in total. The number of ether oxygens (including phenoxy) is 2. The Morgan fingerprint density at radius 2 is 1.25 bits per heavy atom. The summed E-state index contributed by atoms with van der Waals surface area (Å²) in [5, 5.41) is 5.08. The third-order valence-corrected chi connectivity index (χ3v) is 4.78. The molecule has 1 aliphatic heterocycles. The Morgan fingerprint density at radius 3 is 1.69 bits per heavy atom. The smallest absolute Gasteiger partial charge is 0.408 e. The quantitative estimate of drug-likeness (QED) is 0.632. The van der Waals surface area contributed by atoms with Gasteiger partial charge in [0.1, 0.15) is 17.2 Å². The molecule has 1 heterocycles. The first-order chi connectivity index (χ1) is 14.6. The van der Waals surface area contributed by atoms with Crippen molar-refractivity contribution in [1.29, 1.82) is 0 Å². The Bertz CT molecular complexity index is 675. The molecule has 0 bridgehead atoms. The molecule has 32 heavy (non-hydrogen) atoms. The highest BCUT2D eigenvalue weighted by Crippen LogP contribution is 2.12. The van der Waals surface area contributed by atoms with Crippen molar-refractivity contribution in [1.82, 2.24) is 20.4 Å². The topological polar surface area (TPSA) is 117 Å². The van der Waals surface area contributed by atoms with Crippen LogP contribution in [0.25, 0.3) is 0 Å². The fourth-order valence-corrected chi connectivity index (χ4v) is 3.00. The summed E-state index contributed by atoms with van der Waals surface area (Å²) in [6.07, 6.45) is -0.686. The number of carbonyl (C=O) groups excluding carboxylic acids is 4. The highest BCUT2D eigenvalue weighted by Gasteiger charge is 2.32. The highest BCUT2D eigenvalue weighted by atomic mass is 16.6. The second-order valence-electron chi connectivity index (χ2n) is 10.0. The van der Waals surface area contributed by atoms with Gasteiger partial charge in [0.25, 0.3) is 0 Å². The van der Waals surface area contributed by atoms with E-state index in [1.165, 1.54) is 0 Å². The van der Waals surface area contributed by atoms with Crippen LogP contribution in [0.15, 0.2) is 0 Å². The van der Waals surface area contributed by atoms with Gasteiger partial charge in [-0.1, -0.05) is 13.8 Å². The van der Waals surface area contributed by atoms with E-state index in [9.17, 15) is 19.2 Å². The van der Waals surface area contributed by atoms with E-state index in [0.29, 0.717) is 26.2 Å². The predicted molar refractivity (Wildman–Crippen MR) is 120 cm³/mol. The molecule has 1 rings (SSSR count). The molecule has 10 heteroatoms. The first kappa shape index (κ1) is 27.5. The van der Waals surface area contributed by atoms with Crippen molar-refractivity contribution in [2.45, 2.75) is 79.1 Å². The third kappa shape index (κ3) is 9.74. The molecule has 2 unspecified atom stereocenters. The lowest BCUT2D eigenvalue weighted by atomic mass is 10.1. The SMILES string of the molecule is CCC(C)C(=O)N1CCN(C(=O)C(CNC(=O)OC(C)(C)C)NC(=O)OC(C)(C)C)CC1. The van der Waals surface area contributed by atoms with Gasteiger partial charge in [-0.25, -0.2) is 9.59 Å². The third-order valence-electron chi connectivity index (χ3n) is 4.78.